The van der Waals surface area contributed by atoms with Gasteiger partial charge in [-0.3, -0.25) is 0 Å². The van der Waals surface area contributed by atoms with Crippen molar-refractivity contribution >= 4 is 21.6 Å². The first-order valence-electron chi connectivity index (χ1n) is 6.30. The maximum Gasteiger partial charge on any atom is 0.241 e. The van der Waals surface area contributed by atoms with Crippen molar-refractivity contribution in [3.63, 3.8) is 0 Å². The zero-order valence-electron chi connectivity index (χ0n) is 11.4. The van der Waals surface area contributed by atoms with Gasteiger partial charge in [-0.05, 0) is 44.9 Å². The highest BCUT2D eigenvalue weighted by molar-refractivity contribution is 7.89. The molecule has 2 rings (SSSR count). The van der Waals surface area contributed by atoms with E-state index in [0.29, 0.717) is 5.02 Å². The highest BCUT2D eigenvalue weighted by atomic mass is 35.5. The van der Waals surface area contributed by atoms with E-state index < -0.39 is 10.0 Å². The lowest BCUT2D eigenvalue weighted by Crippen LogP contribution is -2.24. The van der Waals surface area contributed by atoms with Crippen molar-refractivity contribution in [2.45, 2.75) is 43.3 Å². The molecule has 1 aromatic carbocycles. The van der Waals surface area contributed by atoms with Crippen LogP contribution in [0.2, 0.25) is 5.02 Å². The van der Waals surface area contributed by atoms with Gasteiger partial charge in [0.25, 0.3) is 0 Å². The summed E-state index contributed by atoms with van der Waals surface area (Å²) in [5, 5.41) is 5.45. The molecule has 1 atom stereocenters. The van der Waals surface area contributed by atoms with Gasteiger partial charge in [0.05, 0.1) is 11.7 Å². The van der Waals surface area contributed by atoms with Crippen LogP contribution in [-0.4, -0.2) is 26.7 Å². The standard InChI is InChI=1S/C13H18ClNO4S/c1-13(2)6-5-10(19-13)8-18-11-4-3-9(14)7-12(11)20(15,16)17/h3-4,7,10H,5-6,8H2,1-2H3,(H2,15,16,17). The van der Waals surface area contributed by atoms with E-state index in [1.807, 2.05) is 13.8 Å². The largest absolute Gasteiger partial charge is 0.489 e. The molecule has 112 valence electrons. The molecule has 0 saturated carbocycles. The first-order valence-corrected chi connectivity index (χ1v) is 8.23. The van der Waals surface area contributed by atoms with Crippen molar-refractivity contribution < 1.29 is 17.9 Å². The molecule has 7 heteroatoms. The van der Waals surface area contributed by atoms with Crippen LogP contribution in [0.1, 0.15) is 26.7 Å². The van der Waals surface area contributed by atoms with E-state index in [9.17, 15) is 8.42 Å². The third-order valence-corrected chi connectivity index (χ3v) is 4.36. The molecule has 1 unspecified atom stereocenters. The fraction of sp³-hybridized carbons (Fsp3) is 0.538. The van der Waals surface area contributed by atoms with Crippen molar-refractivity contribution in [1.29, 1.82) is 0 Å². The number of ether oxygens (including phenoxy) is 2. The van der Waals surface area contributed by atoms with Crippen molar-refractivity contribution in [2.24, 2.45) is 5.14 Å². The molecule has 1 fully saturated rings. The normalized spacial score (nSPS) is 21.9. The zero-order chi connectivity index (χ0) is 15.0. The quantitative estimate of drug-likeness (QED) is 0.923. The van der Waals surface area contributed by atoms with Crippen LogP contribution in [0.5, 0.6) is 5.75 Å². The van der Waals surface area contributed by atoms with Crippen molar-refractivity contribution in [3.8, 4) is 5.75 Å². The maximum absolute atomic E-state index is 11.5. The summed E-state index contributed by atoms with van der Waals surface area (Å²) < 4.78 is 34.4. The smallest absolute Gasteiger partial charge is 0.241 e. The average molecular weight is 320 g/mol. The van der Waals surface area contributed by atoms with Gasteiger partial charge in [0.2, 0.25) is 10.0 Å². The summed E-state index contributed by atoms with van der Waals surface area (Å²) in [5.74, 6) is 0.199. The highest BCUT2D eigenvalue weighted by Gasteiger charge is 2.32. The third kappa shape index (κ3) is 3.85. The van der Waals surface area contributed by atoms with E-state index in [1.54, 1.807) is 6.07 Å². The van der Waals surface area contributed by atoms with Gasteiger partial charge in [-0.25, -0.2) is 13.6 Å². The molecule has 2 N–H and O–H groups in total. The van der Waals surface area contributed by atoms with Gasteiger partial charge in [-0.1, -0.05) is 11.6 Å². The van der Waals surface area contributed by atoms with E-state index >= 15 is 0 Å². The van der Waals surface area contributed by atoms with Crippen LogP contribution in [-0.2, 0) is 14.8 Å². The molecule has 0 aromatic heterocycles. The Kier molecular flexibility index (Phi) is 4.30. The second-order valence-corrected chi connectivity index (χ2v) is 7.45. The van der Waals surface area contributed by atoms with Crippen LogP contribution in [0.25, 0.3) is 0 Å². The highest BCUT2D eigenvalue weighted by Crippen LogP contribution is 2.31. The fourth-order valence-corrected chi connectivity index (χ4v) is 3.14. The monoisotopic (exact) mass is 319 g/mol. The second kappa shape index (κ2) is 5.52. The Morgan fingerprint density at radius 3 is 2.75 bits per heavy atom. The summed E-state index contributed by atoms with van der Waals surface area (Å²) in [7, 11) is -3.87. The van der Waals surface area contributed by atoms with Gasteiger partial charge in [0, 0.05) is 5.02 Å². The molecular formula is C13H18ClNO4S. The first-order chi connectivity index (χ1) is 9.17. The summed E-state index contributed by atoms with van der Waals surface area (Å²) in [6.45, 7) is 4.32. The lowest BCUT2D eigenvalue weighted by Gasteiger charge is -2.20. The van der Waals surface area contributed by atoms with Gasteiger partial charge in [-0.15, -0.1) is 0 Å². The molecular weight excluding hydrogens is 302 g/mol. The average Bonchev–Trinajstić information content (AvgIpc) is 2.66. The number of rotatable bonds is 4. The van der Waals surface area contributed by atoms with Crippen molar-refractivity contribution in [3.05, 3.63) is 23.2 Å². The molecule has 0 aliphatic carbocycles. The first kappa shape index (κ1) is 15.6. The second-order valence-electron chi connectivity index (χ2n) is 5.49. The third-order valence-electron chi connectivity index (χ3n) is 3.19. The Bertz CT molecular complexity index is 600. The number of primary sulfonamides is 1. The Hall–Kier alpha value is -0.820. The van der Waals surface area contributed by atoms with E-state index in [4.69, 9.17) is 26.2 Å². The number of halogens is 1. The summed E-state index contributed by atoms with van der Waals surface area (Å²) in [4.78, 5) is -0.109. The molecule has 5 nitrogen and oxygen atoms in total. The Morgan fingerprint density at radius 2 is 2.20 bits per heavy atom. The van der Waals surface area contributed by atoms with Crippen LogP contribution < -0.4 is 9.88 Å². The van der Waals surface area contributed by atoms with E-state index in [2.05, 4.69) is 0 Å². The summed E-state index contributed by atoms with van der Waals surface area (Å²) in [6.07, 6.45) is 1.78. The van der Waals surface area contributed by atoms with E-state index in [-0.39, 0.29) is 29.0 Å². The molecule has 0 amide bonds. The Balaban J connectivity index is 2.11. The molecule has 1 saturated heterocycles. The number of hydrogen-bond donors (Lipinski definition) is 1. The van der Waals surface area contributed by atoms with Gasteiger partial charge < -0.3 is 9.47 Å². The predicted molar refractivity (Wildman–Crippen MR) is 76.5 cm³/mol. The van der Waals surface area contributed by atoms with Gasteiger partial charge in [-0.2, -0.15) is 0 Å². The Labute approximate surface area is 124 Å². The molecule has 1 heterocycles. The van der Waals surface area contributed by atoms with Crippen LogP contribution in [0.4, 0.5) is 0 Å². The topological polar surface area (TPSA) is 78.6 Å². The van der Waals surface area contributed by atoms with Crippen LogP contribution in [0, 0.1) is 0 Å². The molecule has 1 aliphatic heterocycles. The number of benzene rings is 1. The predicted octanol–water partition coefficient (Wildman–Crippen LogP) is 2.32. The molecule has 20 heavy (non-hydrogen) atoms. The summed E-state index contributed by atoms with van der Waals surface area (Å²) >= 11 is 5.79. The molecule has 0 radical (unpaired) electrons. The van der Waals surface area contributed by atoms with Gasteiger partial charge in [0.1, 0.15) is 17.3 Å². The Morgan fingerprint density at radius 1 is 1.50 bits per heavy atom. The molecule has 1 aliphatic rings. The minimum atomic E-state index is -3.87. The van der Waals surface area contributed by atoms with Gasteiger partial charge in [0.15, 0.2) is 0 Å². The van der Waals surface area contributed by atoms with Crippen LogP contribution in [0.3, 0.4) is 0 Å². The van der Waals surface area contributed by atoms with E-state index in [1.165, 1.54) is 12.1 Å². The number of hydrogen-bond acceptors (Lipinski definition) is 4. The fourth-order valence-electron chi connectivity index (χ4n) is 2.20. The molecule has 0 bridgehead atoms. The number of nitrogens with two attached hydrogens (primary N) is 1. The summed E-state index contributed by atoms with van der Waals surface area (Å²) in [5.41, 5.74) is -0.156. The number of sulfonamides is 1. The summed E-state index contributed by atoms with van der Waals surface area (Å²) in [6, 6.07) is 4.35. The van der Waals surface area contributed by atoms with Gasteiger partial charge >= 0.3 is 0 Å². The molecule has 1 aromatic rings. The van der Waals surface area contributed by atoms with Crippen LogP contribution >= 0.6 is 11.6 Å². The van der Waals surface area contributed by atoms with Crippen molar-refractivity contribution in [1.82, 2.24) is 0 Å². The van der Waals surface area contributed by atoms with E-state index in [0.717, 1.165) is 12.8 Å². The zero-order valence-corrected chi connectivity index (χ0v) is 13.0. The van der Waals surface area contributed by atoms with Crippen LogP contribution in [0.15, 0.2) is 23.1 Å². The minimum absolute atomic E-state index is 0.0472. The minimum Gasteiger partial charge on any atom is -0.489 e. The molecule has 0 spiro atoms. The lowest BCUT2D eigenvalue weighted by atomic mass is 10.1. The SMILES string of the molecule is CC1(C)CCC(COc2ccc(Cl)cc2S(N)(=O)=O)O1. The maximum atomic E-state index is 11.5. The lowest BCUT2D eigenvalue weighted by molar-refractivity contribution is -0.0330. The van der Waals surface area contributed by atoms with Crippen molar-refractivity contribution in [2.75, 3.05) is 6.61 Å².